The fourth-order valence-corrected chi connectivity index (χ4v) is 5.59. The average Bonchev–Trinajstić information content (AvgIpc) is 3.36. The van der Waals surface area contributed by atoms with Gasteiger partial charge in [0, 0.05) is 5.56 Å². The molecule has 0 spiro atoms. The zero-order valence-corrected chi connectivity index (χ0v) is 18.6. The normalized spacial score (nSPS) is 24.5. The van der Waals surface area contributed by atoms with Gasteiger partial charge < -0.3 is 0 Å². The molecule has 0 radical (unpaired) electrons. The van der Waals surface area contributed by atoms with Crippen molar-refractivity contribution in [2.75, 3.05) is 4.90 Å². The Kier molecular flexibility index (Phi) is 4.86. The van der Waals surface area contributed by atoms with E-state index in [9.17, 15) is 27.6 Å². The minimum atomic E-state index is -4.78. The lowest BCUT2D eigenvalue weighted by molar-refractivity contribution is -0.137. The van der Waals surface area contributed by atoms with Gasteiger partial charge in [0.2, 0.25) is 11.8 Å². The second-order valence-corrected chi connectivity index (χ2v) is 8.95. The first-order chi connectivity index (χ1) is 17.3. The standard InChI is InChI=1S/C27H18F3N3O3/c28-27(29,30)18-12-6-7-13-19(18)32-25(35)20-21(26(32)36)23(24(34)15-8-2-1-3-9-15)33-22(20)17-11-5-4-10-16(17)14-31-33/h1-14,20-23H/t20-,21+,22+,23+/m0/s1. The molecule has 0 saturated carbocycles. The summed E-state index contributed by atoms with van der Waals surface area (Å²) < 4.78 is 41.4. The minimum absolute atomic E-state index is 0.324. The van der Waals surface area contributed by atoms with E-state index in [0.29, 0.717) is 16.0 Å². The van der Waals surface area contributed by atoms with Crippen molar-refractivity contribution in [3.05, 3.63) is 101 Å². The SMILES string of the molecule is O=C(c1ccccc1)[C@H]1[C@@H]2C(=O)N(c3ccccc3C(F)(F)F)C(=O)[C@@H]2[C@H]2c3ccccc3C=NN21. The summed E-state index contributed by atoms with van der Waals surface area (Å²) in [5.41, 5.74) is 0.124. The van der Waals surface area contributed by atoms with Gasteiger partial charge in [-0.15, -0.1) is 0 Å². The number of para-hydroxylation sites is 1. The molecule has 3 aromatic carbocycles. The van der Waals surface area contributed by atoms with Gasteiger partial charge in [-0.1, -0.05) is 66.7 Å². The van der Waals surface area contributed by atoms with Crippen LogP contribution in [0.1, 0.15) is 33.1 Å². The number of fused-ring (bicyclic) bond motifs is 5. The summed E-state index contributed by atoms with van der Waals surface area (Å²) in [5.74, 6) is -4.29. The summed E-state index contributed by atoms with van der Waals surface area (Å²) in [5, 5.41) is 5.93. The van der Waals surface area contributed by atoms with E-state index >= 15 is 0 Å². The molecule has 36 heavy (non-hydrogen) atoms. The van der Waals surface area contributed by atoms with Gasteiger partial charge in [-0.25, -0.2) is 4.90 Å². The number of carbonyl (C=O) groups is 3. The van der Waals surface area contributed by atoms with Crippen LogP contribution in [-0.4, -0.2) is 34.9 Å². The molecule has 0 N–H and O–H groups in total. The van der Waals surface area contributed by atoms with E-state index in [2.05, 4.69) is 5.10 Å². The number of Topliss-reactive ketones (excluding diaryl/α,β-unsaturated/α-hetero) is 1. The molecular formula is C27H18F3N3O3. The molecule has 0 aromatic heterocycles. The van der Waals surface area contributed by atoms with Crippen LogP contribution in [0.5, 0.6) is 0 Å². The molecule has 2 saturated heterocycles. The molecule has 3 aromatic rings. The molecule has 3 heterocycles. The third kappa shape index (κ3) is 3.12. The largest absolute Gasteiger partial charge is 0.418 e. The Bertz CT molecular complexity index is 1440. The van der Waals surface area contributed by atoms with Crippen molar-refractivity contribution in [3.8, 4) is 0 Å². The number of ketones is 1. The summed E-state index contributed by atoms with van der Waals surface area (Å²) in [6, 6.07) is 18.0. The lowest BCUT2D eigenvalue weighted by atomic mass is 9.83. The van der Waals surface area contributed by atoms with Crippen molar-refractivity contribution < 1.29 is 27.6 Å². The third-order valence-corrected chi connectivity index (χ3v) is 7.07. The number of imide groups is 1. The Hall–Kier alpha value is -4.27. The van der Waals surface area contributed by atoms with Gasteiger partial charge >= 0.3 is 6.18 Å². The fraction of sp³-hybridized carbons (Fsp3) is 0.185. The monoisotopic (exact) mass is 489 g/mol. The molecule has 4 atom stereocenters. The van der Waals surface area contributed by atoms with Crippen LogP contribution >= 0.6 is 0 Å². The Labute approximate surface area is 203 Å². The van der Waals surface area contributed by atoms with Gasteiger partial charge in [0.25, 0.3) is 0 Å². The van der Waals surface area contributed by atoms with Gasteiger partial charge in [0.1, 0.15) is 6.04 Å². The van der Waals surface area contributed by atoms with E-state index in [1.54, 1.807) is 60.8 Å². The topological polar surface area (TPSA) is 70.0 Å². The van der Waals surface area contributed by atoms with Gasteiger partial charge in [0.15, 0.2) is 5.78 Å². The molecule has 0 bridgehead atoms. The number of carbonyl (C=O) groups excluding carboxylic acids is 3. The molecule has 180 valence electrons. The summed E-state index contributed by atoms with van der Waals surface area (Å²) in [6.45, 7) is 0. The van der Waals surface area contributed by atoms with Crippen molar-refractivity contribution in [2.45, 2.75) is 18.3 Å². The maximum Gasteiger partial charge on any atom is 0.418 e. The summed E-state index contributed by atoms with van der Waals surface area (Å²) >= 11 is 0. The molecule has 0 unspecified atom stereocenters. The van der Waals surface area contributed by atoms with Crippen LogP contribution in [0.15, 0.2) is 84.0 Å². The molecule has 2 amide bonds. The first-order valence-corrected chi connectivity index (χ1v) is 11.3. The maximum absolute atomic E-state index is 13.8. The molecular weight excluding hydrogens is 471 g/mol. The van der Waals surface area contributed by atoms with E-state index in [0.717, 1.165) is 17.7 Å². The number of nitrogens with zero attached hydrogens (tertiary/aromatic N) is 3. The highest BCUT2D eigenvalue weighted by Gasteiger charge is 2.65. The quantitative estimate of drug-likeness (QED) is 0.402. The highest BCUT2D eigenvalue weighted by atomic mass is 19.4. The molecule has 3 aliphatic rings. The van der Waals surface area contributed by atoms with Crippen molar-refractivity contribution in [1.29, 1.82) is 0 Å². The maximum atomic E-state index is 13.8. The number of amides is 2. The van der Waals surface area contributed by atoms with Crippen molar-refractivity contribution in [1.82, 2.24) is 5.01 Å². The Balaban J connectivity index is 1.52. The van der Waals surface area contributed by atoms with Crippen LogP contribution in [0.3, 0.4) is 0 Å². The summed E-state index contributed by atoms with van der Waals surface area (Å²) in [7, 11) is 0. The van der Waals surface area contributed by atoms with Gasteiger partial charge in [-0.3, -0.25) is 19.4 Å². The first-order valence-electron chi connectivity index (χ1n) is 11.3. The van der Waals surface area contributed by atoms with Crippen LogP contribution < -0.4 is 4.90 Å². The summed E-state index contributed by atoms with van der Waals surface area (Å²) in [6.07, 6.45) is -3.20. The second-order valence-electron chi connectivity index (χ2n) is 8.95. The number of halogens is 3. The highest BCUT2D eigenvalue weighted by Crippen LogP contribution is 2.54. The van der Waals surface area contributed by atoms with Crippen LogP contribution in [0.2, 0.25) is 0 Å². The average molecular weight is 489 g/mol. The smallest absolute Gasteiger partial charge is 0.292 e. The van der Waals surface area contributed by atoms with Crippen LogP contribution in [0, 0.1) is 11.8 Å². The summed E-state index contributed by atoms with van der Waals surface area (Å²) in [4.78, 5) is 41.9. The molecule has 6 rings (SSSR count). The Morgan fingerprint density at radius 3 is 2.19 bits per heavy atom. The van der Waals surface area contributed by atoms with Crippen LogP contribution in [-0.2, 0) is 15.8 Å². The van der Waals surface area contributed by atoms with E-state index in [4.69, 9.17) is 0 Å². The molecule has 3 aliphatic heterocycles. The van der Waals surface area contributed by atoms with Crippen molar-refractivity contribution in [3.63, 3.8) is 0 Å². The number of rotatable bonds is 3. The third-order valence-electron chi connectivity index (χ3n) is 7.07. The lowest BCUT2D eigenvalue weighted by Crippen LogP contribution is -2.45. The number of hydrazone groups is 1. The predicted molar refractivity (Wildman–Crippen MR) is 124 cm³/mol. The first kappa shape index (κ1) is 22.2. The van der Waals surface area contributed by atoms with E-state index in [-0.39, 0.29) is 0 Å². The fourth-order valence-electron chi connectivity index (χ4n) is 5.59. The van der Waals surface area contributed by atoms with Gasteiger partial charge in [-0.2, -0.15) is 18.3 Å². The predicted octanol–water partition coefficient (Wildman–Crippen LogP) is 4.47. The zero-order valence-electron chi connectivity index (χ0n) is 18.6. The van der Waals surface area contributed by atoms with Crippen molar-refractivity contribution >= 4 is 29.5 Å². The Morgan fingerprint density at radius 1 is 0.806 bits per heavy atom. The van der Waals surface area contributed by atoms with Gasteiger partial charge in [0.05, 0.1) is 35.3 Å². The molecule has 0 aliphatic carbocycles. The van der Waals surface area contributed by atoms with Crippen LogP contribution in [0.4, 0.5) is 18.9 Å². The van der Waals surface area contributed by atoms with E-state index < -0.39 is 58.9 Å². The van der Waals surface area contributed by atoms with Gasteiger partial charge in [-0.05, 0) is 23.3 Å². The van der Waals surface area contributed by atoms with Crippen LogP contribution in [0.25, 0.3) is 0 Å². The lowest BCUT2D eigenvalue weighted by Gasteiger charge is -2.34. The molecule has 6 nitrogen and oxygen atoms in total. The highest BCUT2D eigenvalue weighted by molar-refractivity contribution is 6.25. The molecule has 9 heteroatoms. The minimum Gasteiger partial charge on any atom is -0.292 e. The second kappa shape index (κ2) is 7.87. The number of benzene rings is 3. The van der Waals surface area contributed by atoms with Crippen molar-refractivity contribution in [2.24, 2.45) is 16.9 Å². The number of hydrogen-bond donors (Lipinski definition) is 0. The number of anilines is 1. The van der Waals surface area contributed by atoms with E-state index in [1.165, 1.54) is 17.1 Å². The molecule has 2 fully saturated rings. The number of hydrogen-bond acceptors (Lipinski definition) is 5. The Morgan fingerprint density at radius 2 is 1.44 bits per heavy atom. The zero-order chi connectivity index (χ0) is 25.2. The number of alkyl halides is 3. The van der Waals surface area contributed by atoms with E-state index in [1.807, 2.05) is 0 Å².